The van der Waals surface area contributed by atoms with Crippen molar-refractivity contribution < 1.29 is 5.11 Å². The number of pyridine rings is 1. The fourth-order valence-electron chi connectivity index (χ4n) is 3.95. The van der Waals surface area contributed by atoms with E-state index in [2.05, 4.69) is 20.9 Å². The van der Waals surface area contributed by atoms with Crippen LogP contribution in [0.25, 0.3) is 0 Å². The molecule has 1 atom stereocenters. The zero-order valence-electron chi connectivity index (χ0n) is 12.8. The summed E-state index contributed by atoms with van der Waals surface area (Å²) in [6.07, 6.45) is 10.2. The van der Waals surface area contributed by atoms with Gasteiger partial charge in [0.25, 0.3) is 0 Å². The highest BCUT2D eigenvalue weighted by Crippen LogP contribution is 2.28. The van der Waals surface area contributed by atoms with Crippen molar-refractivity contribution in [3.8, 4) is 0 Å². The predicted octanol–water partition coefficient (Wildman–Crippen LogP) is 1.89. The molecule has 2 aliphatic rings. The SMILES string of the molecule is OCC[C@@H]1CN(Cc2cccnc2)CCN1C1CCCC1. The van der Waals surface area contributed by atoms with E-state index < -0.39 is 0 Å². The first-order valence-electron chi connectivity index (χ1n) is 8.34. The van der Waals surface area contributed by atoms with Gasteiger partial charge in [-0.25, -0.2) is 0 Å². The minimum Gasteiger partial charge on any atom is -0.396 e. The molecule has 1 saturated carbocycles. The molecular formula is C17H27N3O. The fraction of sp³-hybridized carbons (Fsp3) is 0.706. The predicted molar refractivity (Wildman–Crippen MR) is 84.0 cm³/mol. The van der Waals surface area contributed by atoms with Crippen LogP contribution in [-0.2, 0) is 6.54 Å². The molecule has 21 heavy (non-hydrogen) atoms. The Morgan fingerprint density at radius 3 is 2.81 bits per heavy atom. The lowest BCUT2D eigenvalue weighted by Gasteiger charge is -2.44. The van der Waals surface area contributed by atoms with Crippen LogP contribution in [0.2, 0.25) is 0 Å². The molecule has 1 aliphatic carbocycles. The number of piperazine rings is 1. The van der Waals surface area contributed by atoms with Gasteiger partial charge in [0.2, 0.25) is 0 Å². The summed E-state index contributed by atoms with van der Waals surface area (Å²) in [7, 11) is 0. The van der Waals surface area contributed by atoms with Gasteiger partial charge in [-0.15, -0.1) is 0 Å². The zero-order valence-corrected chi connectivity index (χ0v) is 12.8. The quantitative estimate of drug-likeness (QED) is 0.898. The van der Waals surface area contributed by atoms with Crippen LogP contribution >= 0.6 is 0 Å². The molecule has 2 heterocycles. The van der Waals surface area contributed by atoms with Gasteiger partial charge in [-0.2, -0.15) is 0 Å². The molecule has 0 unspecified atom stereocenters. The van der Waals surface area contributed by atoms with Crippen molar-refractivity contribution in [1.29, 1.82) is 0 Å². The van der Waals surface area contributed by atoms with Crippen molar-refractivity contribution in [2.75, 3.05) is 26.2 Å². The molecule has 1 saturated heterocycles. The van der Waals surface area contributed by atoms with Gasteiger partial charge in [0.1, 0.15) is 0 Å². The van der Waals surface area contributed by atoms with Crippen LogP contribution in [0.1, 0.15) is 37.7 Å². The number of aliphatic hydroxyl groups is 1. The Kier molecular flexibility index (Phi) is 5.22. The van der Waals surface area contributed by atoms with E-state index in [1.54, 1.807) is 0 Å². The van der Waals surface area contributed by atoms with E-state index in [1.165, 1.54) is 31.2 Å². The summed E-state index contributed by atoms with van der Waals surface area (Å²) in [5.74, 6) is 0. The third-order valence-corrected chi connectivity index (χ3v) is 5.00. The van der Waals surface area contributed by atoms with Gasteiger partial charge in [0, 0.05) is 57.3 Å². The lowest BCUT2D eigenvalue weighted by Crippen LogP contribution is -2.56. The average molecular weight is 289 g/mol. The maximum absolute atomic E-state index is 9.40. The van der Waals surface area contributed by atoms with E-state index >= 15 is 0 Å². The number of hydrogen-bond acceptors (Lipinski definition) is 4. The Morgan fingerprint density at radius 2 is 2.10 bits per heavy atom. The molecule has 0 radical (unpaired) electrons. The summed E-state index contributed by atoms with van der Waals surface area (Å²) in [6, 6.07) is 5.44. The number of aromatic nitrogens is 1. The Labute approximate surface area is 127 Å². The van der Waals surface area contributed by atoms with Crippen LogP contribution in [0.15, 0.2) is 24.5 Å². The Hall–Kier alpha value is -0.970. The lowest BCUT2D eigenvalue weighted by atomic mass is 10.0. The van der Waals surface area contributed by atoms with Crippen LogP contribution in [-0.4, -0.2) is 58.2 Å². The molecule has 1 aromatic heterocycles. The monoisotopic (exact) mass is 289 g/mol. The number of hydrogen-bond donors (Lipinski definition) is 1. The summed E-state index contributed by atoms with van der Waals surface area (Å²) in [5, 5.41) is 9.40. The molecular weight excluding hydrogens is 262 g/mol. The highest BCUT2D eigenvalue weighted by Gasteiger charge is 2.32. The van der Waals surface area contributed by atoms with Gasteiger partial charge in [0.15, 0.2) is 0 Å². The molecule has 3 rings (SSSR count). The van der Waals surface area contributed by atoms with Crippen molar-refractivity contribution in [1.82, 2.24) is 14.8 Å². The summed E-state index contributed by atoms with van der Waals surface area (Å²) in [4.78, 5) is 9.41. The summed E-state index contributed by atoms with van der Waals surface area (Å²) in [6.45, 7) is 4.64. The standard InChI is InChI=1S/C17H27N3O/c21-11-7-17-14-19(13-15-4-3-8-18-12-15)9-10-20(17)16-5-1-2-6-16/h3-4,8,12,16-17,21H,1-2,5-7,9-11,13-14H2/t17-/m1/s1. The number of aliphatic hydroxyl groups excluding tert-OH is 1. The third kappa shape index (κ3) is 3.82. The van der Waals surface area contributed by atoms with Gasteiger partial charge in [-0.1, -0.05) is 18.9 Å². The highest BCUT2D eigenvalue weighted by atomic mass is 16.3. The van der Waals surface area contributed by atoms with Crippen LogP contribution in [0.4, 0.5) is 0 Å². The second-order valence-corrected chi connectivity index (χ2v) is 6.44. The second kappa shape index (κ2) is 7.34. The average Bonchev–Trinajstić information content (AvgIpc) is 3.03. The van der Waals surface area contributed by atoms with Crippen molar-refractivity contribution in [2.45, 2.75) is 50.7 Å². The van der Waals surface area contributed by atoms with E-state index in [4.69, 9.17) is 0 Å². The molecule has 1 aromatic rings. The second-order valence-electron chi connectivity index (χ2n) is 6.44. The third-order valence-electron chi connectivity index (χ3n) is 5.00. The summed E-state index contributed by atoms with van der Waals surface area (Å²) in [5.41, 5.74) is 1.29. The van der Waals surface area contributed by atoms with Crippen molar-refractivity contribution >= 4 is 0 Å². The molecule has 1 aliphatic heterocycles. The maximum atomic E-state index is 9.40. The van der Waals surface area contributed by atoms with E-state index in [-0.39, 0.29) is 0 Å². The zero-order chi connectivity index (χ0) is 14.5. The van der Waals surface area contributed by atoms with Crippen molar-refractivity contribution in [3.05, 3.63) is 30.1 Å². The first-order chi connectivity index (χ1) is 10.4. The van der Waals surface area contributed by atoms with Gasteiger partial charge in [0.05, 0.1) is 0 Å². The molecule has 0 bridgehead atoms. The van der Waals surface area contributed by atoms with Gasteiger partial charge < -0.3 is 5.11 Å². The summed E-state index contributed by atoms with van der Waals surface area (Å²) >= 11 is 0. The Bertz CT molecular complexity index is 419. The van der Waals surface area contributed by atoms with Crippen LogP contribution in [0.3, 0.4) is 0 Å². The van der Waals surface area contributed by atoms with E-state index in [9.17, 15) is 5.11 Å². The molecule has 1 N–H and O–H groups in total. The van der Waals surface area contributed by atoms with Gasteiger partial charge in [-0.05, 0) is 30.9 Å². The van der Waals surface area contributed by atoms with Gasteiger partial charge >= 0.3 is 0 Å². The van der Waals surface area contributed by atoms with Crippen LogP contribution in [0, 0.1) is 0 Å². The lowest BCUT2D eigenvalue weighted by molar-refractivity contribution is 0.0267. The molecule has 2 fully saturated rings. The first-order valence-corrected chi connectivity index (χ1v) is 8.34. The van der Waals surface area contributed by atoms with E-state index in [1.807, 2.05) is 18.5 Å². The Balaban J connectivity index is 1.60. The number of rotatable bonds is 5. The van der Waals surface area contributed by atoms with Gasteiger partial charge in [-0.3, -0.25) is 14.8 Å². The minimum atomic E-state index is 0.300. The largest absolute Gasteiger partial charge is 0.396 e. The topological polar surface area (TPSA) is 39.6 Å². The molecule has 0 aromatic carbocycles. The van der Waals surface area contributed by atoms with E-state index in [0.29, 0.717) is 12.6 Å². The fourth-order valence-corrected chi connectivity index (χ4v) is 3.95. The number of nitrogens with zero attached hydrogens (tertiary/aromatic N) is 3. The first kappa shape index (κ1) is 14.9. The maximum Gasteiger partial charge on any atom is 0.0446 e. The van der Waals surface area contributed by atoms with E-state index in [0.717, 1.165) is 38.6 Å². The molecule has 4 heteroatoms. The Morgan fingerprint density at radius 1 is 1.24 bits per heavy atom. The molecule has 0 amide bonds. The normalized spacial score (nSPS) is 25.5. The van der Waals surface area contributed by atoms with Crippen LogP contribution in [0.5, 0.6) is 0 Å². The molecule has 116 valence electrons. The van der Waals surface area contributed by atoms with Crippen LogP contribution < -0.4 is 0 Å². The van der Waals surface area contributed by atoms with Crippen molar-refractivity contribution in [3.63, 3.8) is 0 Å². The molecule has 0 spiro atoms. The summed E-state index contributed by atoms with van der Waals surface area (Å²) < 4.78 is 0. The molecule has 4 nitrogen and oxygen atoms in total. The van der Waals surface area contributed by atoms with Crippen molar-refractivity contribution in [2.24, 2.45) is 0 Å². The minimum absolute atomic E-state index is 0.300. The smallest absolute Gasteiger partial charge is 0.0446 e. The highest BCUT2D eigenvalue weighted by molar-refractivity contribution is 5.08.